The Labute approximate surface area is 128 Å². The third kappa shape index (κ3) is 3.22. The van der Waals surface area contributed by atoms with Crippen molar-refractivity contribution >= 4 is 39.9 Å². The molecule has 0 atom stereocenters. The number of phenolic OH excluding ortho intramolecular Hbond substituents is 1. The quantitative estimate of drug-likeness (QED) is 0.560. The first-order chi connectivity index (χ1) is 9.92. The number of halogens is 1. The molecule has 1 fully saturated rings. The Morgan fingerprint density at radius 1 is 1.24 bits per heavy atom. The Bertz CT molecular complexity index is 647. The van der Waals surface area contributed by atoms with Gasteiger partial charge < -0.3 is 9.84 Å². The Morgan fingerprint density at radius 2 is 1.86 bits per heavy atom. The van der Waals surface area contributed by atoms with E-state index < -0.39 is 17.8 Å². The molecule has 0 spiro atoms. The van der Waals surface area contributed by atoms with Crippen LogP contribution in [0.5, 0.6) is 11.5 Å². The molecule has 0 aliphatic carbocycles. The average Bonchev–Trinajstić information content (AvgIpc) is 2.38. The zero-order valence-corrected chi connectivity index (χ0v) is 12.5. The lowest BCUT2D eigenvalue weighted by atomic mass is 10.1. The number of aromatic hydroxyl groups is 1. The highest BCUT2D eigenvalue weighted by Gasteiger charge is 2.28. The number of ether oxygens (including phenoxy) is 1. The third-order valence-electron chi connectivity index (χ3n) is 2.62. The minimum absolute atomic E-state index is 0.0707. The van der Waals surface area contributed by atoms with Crippen molar-refractivity contribution < 1.29 is 24.2 Å². The number of hydrogen-bond donors (Lipinski definition) is 3. The van der Waals surface area contributed by atoms with Gasteiger partial charge >= 0.3 is 6.03 Å². The second-order valence-corrected chi connectivity index (χ2v) is 4.92. The number of carbonyl (C=O) groups excluding carboxylic acids is 3. The first-order valence-electron chi connectivity index (χ1n) is 5.96. The van der Waals surface area contributed by atoms with Crippen LogP contribution in [0.3, 0.4) is 0 Å². The fourth-order valence-electron chi connectivity index (χ4n) is 1.70. The van der Waals surface area contributed by atoms with Gasteiger partial charge in [-0.05, 0) is 30.7 Å². The Kier molecular flexibility index (Phi) is 4.27. The Morgan fingerprint density at radius 3 is 2.43 bits per heavy atom. The monoisotopic (exact) mass is 354 g/mol. The number of barbiturate groups is 1. The molecule has 110 valence electrons. The summed E-state index contributed by atoms with van der Waals surface area (Å²) in [6, 6.07) is 2.01. The summed E-state index contributed by atoms with van der Waals surface area (Å²) in [5.41, 5.74) is 0.231. The van der Waals surface area contributed by atoms with Crippen molar-refractivity contribution in [3.63, 3.8) is 0 Å². The summed E-state index contributed by atoms with van der Waals surface area (Å²) in [7, 11) is 0. The summed E-state index contributed by atoms with van der Waals surface area (Å²) in [6.45, 7) is 2.11. The van der Waals surface area contributed by atoms with E-state index in [-0.39, 0.29) is 17.1 Å². The standard InChI is InChI=1S/C13H11BrN2O5/c1-2-21-10-4-6(8(14)5-9(10)17)3-7-11(18)15-13(20)16-12(7)19/h3-5,17H,2H2,1H3,(H2,15,16,18,19,20). The summed E-state index contributed by atoms with van der Waals surface area (Å²) in [4.78, 5) is 34.3. The number of urea groups is 1. The fraction of sp³-hybridized carbons (Fsp3) is 0.154. The number of benzene rings is 1. The zero-order chi connectivity index (χ0) is 15.6. The van der Waals surface area contributed by atoms with Gasteiger partial charge in [-0.2, -0.15) is 0 Å². The van der Waals surface area contributed by atoms with Gasteiger partial charge in [-0.1, -0.05) is 15.9 Å². The van der Waals surface area contributed by atoms with Gasteiger partial charge in [-0.3, -0.25) is 20.2 Å². The second kappa shape index (κ2) is 5.96. The maximum absolute atomic E-state index is 11.7. The van der Waals surface area contributed by atoms with Crippen LogP contribution in [0.15, 0.2) is 22.2 Å². The van der Waals surface area contributed by atoms with Gasteiger partial charge in [0.05, 0.1) is 6.61 Å². The average molecular weight is 355 g/mol. The highest BCUT2D eigenvalue weighted by atomic mass is 79.9. The Hall–Kier alpha value is -2.35. The van der Waals surface area contributed by atoms with Crippen LogP contribution in [0.4, 0.5) is 4.79 Å². The van der Waals surface area contributed by atoms with Crippen molar-refractivity contribution in [2.24, 2.45) is 0 Å². The van der Waals surface area contributed by atoms with Crippen LogP contribution in [0, 0.1) is 0 Å². The van der Waals surface area contributed by atoms with Crippen molar-refractivity contribution in [2.75, 3.05) is 6.61 Å². The summed E-state index contributed by atoms with van der Waals surface area (Å²) in [5, 5.41) is 13.7. The van der Waals surface area contributed by atoms with Crippen LogP contribution in [0.2, 0.25) is 0 Å². The van der Waals surface area contributed by atoms with Crippen molar-refractivity contribution in [3.05, 3.63) is 27.7 Å². The maximum atomic E-state index is 11.7. The molecular formula is C13H11BrN2O5. The predicted octanol–water partition coefficient (Wildman–Crippen LogP) is 1.30. The van der Waals surface area contributed by atoms with Gasteiger partial charge in [0.25, 0.3) is 11.8 Å². The number of nitrogens with one attached hydrogen (secondary N) is 2. The van der Waals surface area contributed by atoms with E-state index in [4.69, 9.17) is 4.74 Å². The molecule has 4 amide bonds. The highest BCUT2D eigenvalue weighted by Crippen LogP contribution is 2.33. The van der Waals surface area contributed by atoms with Crippen molar-refractivity contribution in [2.45, 2.75) is 6.92 Å². The van der Waals surface area contributed by atoms with E-state index in [2.05, 4.69) is 15.9 Å². The number of imide groups is 2. The molecule has 1 saturated heterocycles. The topological polar surface area (TPSA) is 105 Å². The van der Waals surface area contributed by atoms with Crippen LogP contribution >= 0.6 is 15.9 Å². The van der Waals surface area contributed by atoms with E-state index in [9.17, 15) is 19.5 Å². The SMILES string of the molecule is CCOc1cc(C=C2C(=O)NC(=O)NC2=O)c(Br)cc1O. The molecule has 1 aromatic carbocycles. The molecule has 3 N–H and O–H groups in total. The van der Waals surface area contributed by atoms with Crippen LogP contribution in [0.1, 0.15) is 12.5 Å². The van der Waals surface area contributed by atoms with Gasteiger partial charge in [-0.25, -0.2) is 4.79 Å². The highest BCUT2D eigenvalue weighted by molar-refractivity contribution is 9.10. The number of hydrogen-bond acceptors (Lipinski definition) is 5. The zero-order valence-electron chi connectivity index (χ0n) is 10.9. The molecule has 1 heterocycles. The van der Waals surface area contributed by atoms with Gasteiger partial charge in [0, 0.05) is 4.47 Å². The van der Waals surface area contributed by atoms with E-state index in [1.807, 2.05) is 10.6 Å². The minimum Gasteiger partial charge on any atom is -0.504 e. The van der Waals surface area contributed by atoms with E-state index in [0.29, 0.717) is 16.6 Å². The van der Waals surface area contributed by atoms with Gasteiger partial charge in [0.2, 0.25) is 0 Å². The van der Waals surface area contributed by atoms with Crippen molar-refractivity contribution in [3.8, 4) is 11.5 Å². The lowest BCUT2D eigenvalue weighted by Crippen LogP contribution is -2.51. The molecule has 1 aromatic rings. The molecule has 2 rings (SSSR count). The molecule has 0 radical (unpaired) electrons. The molecule has 7 nitrogen and oxygen atoms in total. The molecule has 8 heteroatoms. The smallest absolute Gasteiger partial charge is 0.328 e. The summed E-state index contributed by atoms with van der Waals surface area (Å²) in [6.07, 6.45) is 1.29. The van der Waals surface area contributed by atoms with Crippen LogP contribution in [-0.4, -0.2) is 29.6 Å². The van der Waals surface area contributed by atoms with E-state index >= 15 is 0 Å². The summed E-state index contributed by atoms with van der Waals surface area (Å²) in [5.74, 6) is -1.43. The third-order valence-corrected chi connectivity index (χ3v) is 3.31. The lowest BCUT2D eigenvalue weighted by molar-refractivity contribution is -0.123. The first-order valence-corrected chi connectivity index (χ1v) is 6.75. The normalized spacial score (nSPS) is 14.6. The van der Waals surface area contributed by atoms with Crippen molar-refractivity contribution in [1.29, 1.82) is 0 Å². The van der Waals surface area contributed by atoms with Gasteiger partial charge in [0.15, 0.2) is 11.5 Å². The van der Waals surface area contributed by atoms with Crippen molar-refractivity contribution in [1.82, 2.24) is 10.6 Å². The molecule has 0 saturated carbocycles. The number of rotatable bonds is 3. The molecule has 0 unspecified atom stereocenters. The maximum Gasteiger partial charge on any atom is 0.328 e. The van der Waals surface area contributed by atoms with E-state index in [1.165, 1.54) is 18.2 Å². The first kappa shape index (κ1) is 15.0. The predicted molar refractivity (Wildman–Crippen MR) is 76.6 cm³/mol. The lowest BCUT2D eigenvalue weighted by Gasteiger charge is -2.14. The summed E-state index contributed by atoms with van der Waals surface area (Å²) < 4.78 is 5.70. The largest absolute Gasteiger partial charge is 0.504 e. The molecule has 1 aliphatic rings. The molecule has 0 bridgehead atoms. The molecular weight excluding hydrogens is 344 g/mol. The van der Waals surface area contributed by atoms with E-state index in [1.54, 1.807) is 6.92 Å². The van der Waals surface area contributed by atoms with Crippen LogP contribution < -0.4 is 15.4 Å². The fourth-order valence-corrected chi connectivity index (χ4v) is 2.15. The van der Waals surface area contributed by atoms with Crippen LogP contribution in [-0.2, 0) is 9.59 Å². The van der Waals surface area contributed by atoms with Crippen LogP contribution in [0.25, 0.3) is 6.08 Å². The van der Waals surface area contributed by atoms with E-state index in [0.717, 1.165) is 0 Å². The number of amides is 4. The second-order valence-electron chi connectivity index (χ2n) is 4.07. The van der Waals surface area contributed by atoms with Gasteiger partial charge in [0.1, 0.15) is 5.57 Å². The molecule has 1 aliphatic heterocycles. The Balaban J connectivity index is 2.44. The molecule has 21 heavy (non-hydrogen) atoms. The number of carbonyl (C=O) groups is 3. The van der Waals surface area contributed by atoms with Gasteiger partial charge in [-0.15, -0.1) is 0 Å². The number of phenols is 1. The summed E-state index contributed by atoms with van der Waals surface area (Å²) >= 11 is 3.22. The molecule has 0 aromatic heterocycles. The minimum atomic E-state index is -0.859.